The highest BCUT2D eigenvalue weighted by molar-refractivity contribution is 6.31. The Hall–Kier alpha value is -3.91. The van der Waals surface area contributed by atoms with Gasteiger partial charge in [-0.15, -0.1) is 0 Å². The molecule has 9 heteroatoms. The van der Waals surface area contributed by atoms with Gasteiger partial charge in [-0.25, -0.2) is 14.6 Å². The lowest BCUT2D eigenvalue weighted by atomic mass is 10.2. The van der Waals surface area contributed by atoms with Crippen LogP contribution in [0.4, 0.5) is 4.39 Å². The van der Waals surface area contributed by atoms with Gasteiger partial charge in [0, 0.05) is 5.02 Å². The number of phenols is 1. The van der Waals surface area contributed by atoms with Gasteiger partial charge in [-0.05, 0) is 60.2 Å². The Balaban J connectivity index is 1.70. The predicted octanol–water partition coefficient (Wildman–Crippen LogP) is 4.18. The van der Waals surface area contributed by atoms with E-state index < -0.39 is 17.7 Å². The maximum absolute atomic E-state index is 13.3. The van der Waals surface area contributed by atoms with Crippen molar-refractivity contribution in [3.8, 4) is 17.2 Å². The number of hydrogen-bond acceptors (Lipinski definition) is 6. The van der Waals surface area contributed by atoms with E-state index in [9.17, 15) is 19.1 Å². The average molecular weight is 443 g/mol. The maximum atomic E-state index is 13.3. The van der Waals surface area contributed by atoms with Crippen LogP contribution in [0.5, 0.6) is 17.2 Å². The molecule has 0 unspecified atom stereocenters. The number of aromatic hydroxyl groups is 1. The second-order valence-corrected chi connectivity index (χ2v) is 6.61. The van der Waals surface area contributed by atoms with Crippen LogP contribution in [0, 0.1) is 5.82 Å². The summed E-state index contributed by atoms with van der Waals surface area (Å²) in [4.78, 5) is 24.3. The van der Waals surface area contributed by atoms with Gasteiger partial charge in [-0.1, -0.05) is 17.7 Å². The number of ether oxygens (including phenoxy) is 2. The Morgan fingerprint density at radius 2 is 1.90 bits per heavy atom. The first kappa shape index (κ1) is 21.8. The van der Waals surface area contributed by atoms with E-state index in [0.717, 1.165) is 6.07 Å². The summed E-state index contributed by atoms with van der Waals surface area (Å²) in [5.74, 6) is -1.82. The average Bonchev–Trinajstić information content (AvgIpc) is 2.76. The molecule has 0 aliphatic rings. The third kappa shape index (κ3) is 5.58. The van der Waals surface area contributed by atoms with Gasteiger partial charge in [-0.2, -0.15) is 5.10 Å². The number of benzene rings is 3. The zero-order valence-electron chi connectivity index (χ0n) is 16.1. The summed E-state index contributed by atoms with van der Waals surface area (Å²) in [5.41, 5.74) is 2.83. The summed E-state index contributed by atoms with van der Waals surface area (Å²) in [6, 6.07) is 13.8. The lowest BCUT2D eigenvalue weighted by Gasteiger charge is -2.10. The first-order chi connectivity index (χ1) is 14.9. The molecule has 0 aliphatic heterocycles. The van der Waals surface area contributed by atoms with E-state index in [4.69, 9.17) is 21.1 Å². The first-order valence-electron chi connectivity index (χ1n) is 8.85. The zero-order valence-corrected chi connectivity index (χ0v) is 16.9. The number of hydrazone groups is 1. The van der Waals surface area contributed by atoms with Crippen molar-refractivity contribution in [2.75, 3.05) is 7.11 Å². The van der Waals surface area contributed by atoms with E-state index in [0.29, 0.717) is 10.6 Å². The van der Waals surface area contributed by atoms with Crippen LogP contribution in [0.3, 0.4) is 0 Å². The van der Waals surface area contributed by atoms with Crippen LogP contribution in [0.1, 0.15) is 26.3 Å². The molecule has 2 N–H and O–H groups in total. The number of esters is 1. The number of nitrogens with one attached hydrogen (secondary N) is 1. The lowest BCUT2D eigenvalue weighted by molar-refractivity contribution is 0.0729. The second kappa shape index (κ2) is 9.73. The number of carbonyl (C=O) groups excluding carboxylic acids is 2. The summed E-state index contributed by atoms with van der Waals surface area (Å²) in [7, 11) is 1.39. The van der Waals surface area contributed by atoms with Gasteiger partial charge >= 0.3 is 5.97 Å². The lowest BCUT2D eigenvalue weighted by Crippen LogP contribution is -2.17. The minimum absolute atomic E-state index is 0.0261. The van der Waals surface area contributed by atoms with Crippen molar-refractivity contribution >= 4 is 29.7 Å². The smallest absolute Gasteiger partial charge is 0.343 e. The van der Waals surface area contributed by atoms with Gasteiger partial charge in [0.25, 0.3) is 5.91 Å². The highest BCUT2D eigenvalue weighted by Gasteiger charge is 2.14. The molecule has 0 heterocycles. The third-order valence-electron chi connectivity index (χ3n) is 4.03. The Kier molecular flexibility index (Phi) is 6.84. The normalized spacial score (nSPS) is 10.7. The van der Waals surface area contributed by atoms with Gasteiger partial charge in [0.2, 0.25) is 0 Å². The summed E-state index contributed by atoms with van der Waals surface area (Å²) in [6.45, 7) is 0. The van der Waals surface area contributed by atoms with Gasteiger partial charge in [0.15, 0.2) is 11.5 Å². The van der Waals surface area contributed by atoms with Crippen LogP contribution in [-0.4, -0.2) is 30.3 Å². The maximum Gasteiger partial charge on any atom is 0.343 e. The minimum Gasteiger partial charge on any atom is -0.507 e. The molecule has 0 aliphatic carbocycles. The zero-order chi connectivity index (χ0) is 22.4. The number of halogens is 2. The topological polar surface area (TPSA) is 97.2 Å². The van der Waals surface area contributed by atoms with Crippen LogP contribution < -0.4 is 14.9 Å². The fourth-order valence-electron chi connectivity index (χ4n) is 2.54. The Morgan fingerprint density at radius 1 is 1.10 bits per heavy atom. The van der Waals surface area contributed by atoms with E-state index in [-0.39, 0.29) is 28.4 Å². The quantitative estimate of drug-likeness (QED) is 0.258. The monoisotopic (exact) mass is 442 g/mol. The number of methoxy groups -OCH3 is 1. The molecule has 0 saturated heterocycles. The van der Waals surface area contributed by atoms with Crippen molar-refractivity contribution in [1.29, 1.82) is 0 Å². The van der Waals surface area contributed by atoms with Gasteiger partial charge < -0.3 is 14.6 Å². The molecule has 1 amide bonds. The molecular formula is C22H16ClFN2O5. The van der Waals surface area contributed by atoms with Gasteiger partial charge in [-0.3, -0.25) is 4.79 Å². The van der Waals surface area contributed by atoms with Crippen LogP contribution in [0.25, 0.3) is 0 Å². The molecule has 0 aromatic heterocycles. The molecule has 3 aromatic rings. The van der Waals surface area contributed by atoms with Gasteiger partial charge in [0.05, 0.1) is 24.5 Å². The molecule has 158 valence electrons. The number of nitrogens with zero attached hydrogens (tertiary/aromatic N) is 1. The van der Waals surface area contributed by atoms with Crippen molar-refractivity contribution in [2.45, 2.75) is 0 Å². The third-order valence-corrected chi connectivity index (χ3v) is 4.27. The number of rotatable bonds is 6. The molecular weight excluding hydrogens is 427 g/mol. The van der Waals surface area contributed by atoms with Crippen LogP contribution in [0.2, 0.25) is 5.02 Å². The molecule has 0 saturated carbocycles. The van der Waals surface area contributed by atoms with E-state index in [2.05, 4.69) is 10.5 Å². The number of amides is 1. The van der Waals surface area contributed by atoms with E-state index in [1.807, 2.05) is 0 Å². The number of phenolic OH excluding ortho intramolecular Hbond substituents is 1. The van der Waals surface area contributed by atoms with Crippen molar-refractivity contribution in [1.82, 2.24) is 5.43 Å². The van der Waals surface area contributed by atoms with Crippen LogP contribution in [0.15, 0.2) is 65.8 Å². The largest absolute Gasteiger partial charge is 0.507 e. The van der Waals surface area contributed by atoms with E-state index in [1.165, 1.54) is 61.9 Å². The molecule has 0 bridgehead atoms. The molecule has 31 heavy (non-hydrogen) atoms. The molecule has 7 nitrogen and oxygen atoms in total. The van der Waals surface area contributed by atoms with E-state index in [1.54, 1.807) is 6.07 Å². The van der Waals surface area contributed by atoms with Crippen molar-refractivity contribution in [3.63, 3.8) is 0 Å². The summed E-state index contributed by atoms with van der Waals surface area (Å²) >= 11 is 5.82. The van der Waals surface area contributed by atoms with Crippen molar-refractivity contribution in [2.24, 2.45) is 5.10 Å². The number of hydrogen-bond donors (Lipinski definition) is 2. The van der Waals surface area contributed by atoms with Crippen molar-refractivity contribution < 1.29 is 28.6 Å². The molecule has 0 atom stereocenters. The van der Waals surface area contributed by atoms with E-state index >= 15 is 0 Å². The summed E-state index contributed by atoms with van der Waals surface area (Å²) in [5, 5.41) is 13.9. The fraction of sp³-hybridized carbons (Fsp3) is 0.0455. The van der Waals surface area contributed by atoms with Crippen LogP contribution in [-0.2, 0) is 0 Å². The molecule has 3 rings (SSSR count). The summed E-state index contributed by atoms with van der Waals surface area (Å²) < 4.78 is 23.8. The Morgan fingerprint density at radius 3 is 2.65 bits per heavy atom. The highest BCUT2D eigenvalue weighted by atomic mass is 35.5. The Bertz CT molecular complexity index is 1170. The van der Waals surface area contributed by atoms with Crippen molar-refractivity contribution in [3.05, 3.63) is 88.2 Å². The van der Waals surface area contributed by atoms with Gasteiger partial charge in [0.1, 0.15) is 11.6 Å². The van der Waals surface area contributed by atoms with Crippen LogP contribution >= 0.6 is 11.6 Å². The highest BCUT2D eigenvalue weighted by Crippen LogP contribution is 2.28. The summed E-state index contributed by atoms with van der Waals surface area (Å²) in [6.07, 6.45) is 1.33. The SMILES string of the molecule is COc1cc(/C=N/NC(=O)c2cc(Cl)ccc2O)ccc1OC(=O)c1cccc(F)c1. The molecule has 0 fully saturated rings. The fourth-order valence-corrected chi connectivity index (χ4v) is 2.71. The molecule has 3 aromatic carbocycles. The molecule has 0 spiro atoms. The predicted molar refractivity (Wildman–Crippen MR) is 113 cm³/mol. The Labute approximate surface area is 181 Å². The number of carbonyl (C=O) groups is 2. The molecule has 0 radical (unpaired) electrons. The first-order valence-corrected chi connectivity index (χ1v) is 9.23. The second-order valence-electron chi connectivity index (χ2n) is 6.17. The minimum atomic E-state index is -0.743. The standard InChI is InChI=1S/C22H16ClFN2O5/c1-30-20-9-13(12-25-26-21(28)17-11-15(23)6-7-18(17)27)5-8-19(20)31-22(29)14-3-2-4-16(24)10-14/h2-12,27H,1H3,(H,26,28)/b25-12+.